The molecule has 0 heterocycles. The Labute approximate surface area is 90.1 Å². The number of anilines is 1. The average molecular weight is 207 g/mol. The molecule has 0 radical (unpaired) electrons. The highest BCUT2D eigenvalue weighted by Gasteiger charge is 2.06. The summed E-state index contributed by atoms with van der Waals surface area (Å²) in [5, 5.41) is 2.82. The summed E-state index contributed by atoms with van der Waals surface area (Å²) in [5.74, 6) is 0. The van der Waals surface area contributed by atoms with E-state index in [0.717, 1.165) is 16.8 Å². The quantitative estimate of drug-likeness (QED) is 0.773. The van der Waals surface area contributed by atoms with E-state index in [0.29, 0.717) is 6.54 Å². The topological polar surface area (TPSA) is 58.4 Å². The minimum absolute atomic E-state index is 0.132. The van der Waals surface area contributed by atoms with Gasteiger partial charge in [0.25, 0.3) is 0 Å². The molecule has 0 aliphatic heterocycles. The van der Waals surface area contributed by atoms with Crippen LogP contribution in [0.25, 0.3) is 0 Å². The number of rotatable bonds is 2. The minimum Gasteiger partial charge on any atom is -0.331 e. The third-order valence-electron chi connectivity index (χ3n) is 2.19. The van der Waals surface area contributed by atoms with Gasteiger partial charge in [-0.25, -0.2) is 4.79 Å². The Balaban J connectivity index is 2.88. The zero-order valence-corrected chi connectivity index (χ0v) is 9.37. The van der Waals surface area contributed by atoms with Crippen LogP contribution in [0.1, 0.15) is 11.1 Å². The number of carbonyl (C=O) groups excluding carboxylic acids is 1. The van der Waals surface area contributed by atoms with E-state index in [4.69, 9.17) is 5.73 Å². The number of benzene rings is 1. The third kappa shape index (κ3) is 2.95. The van der Waals surface area contributed by atoms with Gasteiger partial charge in [0, 0.05) is 26.3 Å². The van der Waals surface area contributed by atoms with Gasteiger partial charge in [-0.2, -0.15) is 0 Å². The lowest BCUT2D eigenvalue weighted by Crippen LogP contribution is -2.27. The van der Waals surface area contributed by atoms with E-state index in [1.807, 2.05) is 25.1 Å². The molecular formula is C11H17N3O. The molecule has 0 fully saturated rings. The molecule has 1 rings (SSSR count). The smallest absolute Gasteiger partial charge is 0.321 e. The van der Waals surface area contributed by atoms with Crippen molar-refractivity contribution in [3.63, 3.8) is 0 Å². The molecule has 3 N–H and O–H groups in total. The maximum atomic E-state index is 11.4. The van der Waals surface area contributed by atoms with E-state index in [1.54, 1.807) is 14.1 Å². The van der Waals surface area contributed by atoms with Crippen LogP contribution in [0.3, 0.4) is 0 Å². The molecule has 1 aromatic carbocycles. The molecule has 2 amide bonds. The Morgan fingerprint density at radius 2 is 2.13 bits per heavy atom. The molecule has 4 nitrogen and oxygen atoms in total. The van der Waals surface area contributed by atoms with Crippen molar-refractivity contribution in [2.24, 2.45) is 5.73 Å². The molecule has 0 aliphatic carbocycles. The van der Waals surface area contributed by atoms with Gasteiger partial charge >= 0.3 is 6.03 Å². The lowest BCUT2D eigenvalue weighted by Gasteiger charge is -2.14. The third-order valence-corrected chi connectivity index (χ3v) is 2.19. The van der Waals surface area contributed by atoms with Crippen LogP contribution in [-0.4, -0.2) is 25.0 Å². The van der Waals surface area contributed by atoms with Gasteiger partial charge in [-0.3, -0.25) is 0 Å². The van der Waals surface area contributed by atoms with Crippen molar-refractivity contribution in [2.75, 3.05) is 19.4 Å². The van der Waals surface area contributed by atoms with E-state index in [2.05, 4.69) is 5.32 Å². The van der Waals surface area contributed by atoms with Crippen molar-refractivity contribution < 1.29 is 4.79 Å². The number of hydrogen-bond donors (Lipinski definition) is 2. The summed E-state index contributed by atoms with van der Waals surface area (Å²) in [6, 6.07) is 5.68. The van der Waals surface area contributed by atoms with Gasteiger partial charge in [-0.15, -0.1) is 0 Å². The van der Waals surface area contributed by atoms with E-state index in [1.165, 1.54) is 4.90 Å². The number of carbonyl (C=O) groups is 1. The molecule has 0 saturated carbocycles. The molecule has 0 aromatic heterocycles. The van der Waals surface area contributed by atoms with Gasteiger partial charge in [-0.05, 0) is 24.1 Å². The number of nitrogens with one attached hydrogen (secondary N) is 1. The summed E-state index contributed by atoms with van der Waals surface area (Å²) in [6.07, 6.45) is 0. The predicted molar refractivity (Wildman–Crippen MR) is 61.8 cm³/mol. The molecule has 0 unspecified atom stereocenters. The maximum Gasteiger partial charge on any atom is 0.321 e. The predicted octanol–water partition coefficient (Wildman–Crippen LogP) is 1.55. The number of nitrogens with two attached hydrogens (primary N) is 1. The van der Waals surface area contributed by atoms with Crippen LogP contribution in [0, 0.1) is 6.92 Å². The van der Waals surface area contributed by atoms with Crippen molar-refractivity contribution in [3.05, 3.63) is 29.3 Å². The number of urea groups is 1. The van der Waals surface area contributed by atoms with Crippen LogP contribution in [0.5, 0.6) is 0 Å². The number of amides is 2. The zero-order chi connectivity index (χ0) is 11.4. The summed E-state index contributed by atoms with van der Waals surface area (Å²) < 4.78 is 0. The summed E-state index contributed by atoms with van der Waals surface area (Å²) in [5.41, 5.74) is 8.39. The van der Waals surface area contributed by atoms with E-state index < -0.39 is 0 Å². The first-order chi connectivity index (χ1) is 7.04. The molecule has 4 heteroatoms. The zero-order valence-electron chi connectivity index (χ0n) is 9.37. The lowest BCUT2D eigenvalue weighted by molar-refractivity contribution is 0.230. The molecule has 1 aromatic rings. The van der Waals surface area contributed by atoms with Gasteiger partial charge in [0.2, 0.25) is 0 Å². The van der Waals surface area contributed by atoms with Crippen LogP contribution in [0.2, 0.25) is 0 Å². The molecular weight excluding hydrogens is 190 g/mol. The SMILES string of the molecule is Cc1ccc(CN)cc1NC(=O)N(C)C. The Morgan fingerprint density at radius 3 is 2.67 bits per heavy atom. The number of hydrogen-bond acceptors (Lipinski definition) is 2. The lowest BCUT2D eigenvalue weighted by atomic mass is 10.1. The highest BCUT2D eigenvalue weighted by molar-refractivity contribution is 5.89. The average Bonchev–Trinajstić information content (AvgIpc) is 2.21. The standard InChI is InChI=1S/C11H17N3O/c1-8-4-5-9(7-12)6-10(8)13-11(15)14(2)3/h4-6H,7,12H2,1-3H3,(H,13,15). The summed E-state index contributed by atoms with van der Waals surface area (Å²) >= 11 is 0. The fourth-order valence-electron chi connectivity index (χ4n) is 1.16. The molecule has 15 heavy (non-hydrogen) atoms. The van der Waals surface area contributed by atoms with Crippen molar-refractivity contribution in [1.29, 1.82) is 0 Å². The Bertz CT molecular complexity index is 361. The summed E-state index contributed by atoms with van der Waals surface area (Å²) in [6.45, 7) is 2.43. The van der Waals surface area contributed by atoms with Gasteiger partial charge in [-0.1, -0.05) is 12.1 Å². The minimum atomic E-state index is -0.132. The van der Waals surface area contributed by atoms with Crippen LogP contribution < -0.4 is 11.1 Å². The van der Waals surface area contributed by atoms with Crippen molar-refractivity contribution in [3.8, 4) is 0 Å². The monoisotopic (exact) mass is 207 g/mol. The summed E-state index contributed by atoms with van der Waals surface area (Å²) in [7, 11) is 3.41. The van der Waals surface area contributed by atoms with Crippen LogP contribution in [-0.2, 0) is 6.54 Å². The van der Waals surface area contributed by atoms with Crippen molar-refractivity contribution >= 4 is 11.7 Å². The van der Waals surface area contributed by atoms with E-state index in [9.17, 15) is 4.79 Å². The first-order valence-corrected chi connectivity index (χ1v) is 4.82. The Hall–Kier alpha value is -1.55. The molecule has 82 valence electrons. The van der Waals surface area contributed by atoms with Crippen molar-refractivity contribution in [2.45, 2.75) is 13.5 Å². The van der Waals surface area contributed by atoms with Crippen LogP contribution in [0.4, 0.5) is 10.5 Å². The maximum absolute atomic E-state index is 11.4. The molecule has 0 atom stereocenters. The van der Waals surface area contributed by atoms with E-state index in [-0.39, 0.29) is 6.03 Å². The molecule has 0 spiro atoms. The van der Waals surface area contributed by atoms with Crippen LogP contribution >= 0.6 is 0 Å². The van der Waals surface area contributed by atoms with Gasteiger partial charge in [0.05, 0.1) is 0 Å². The summed E-state index contributed by atoms with van der Waals surface area (Å²) in [4.78, 5) is 12.9. The number of nitrogens with zero attached hydrogens (tertiary/aromatic N) is 1. The van der Waals surface area contributed by atoms with Gasteiger partial charge in [0.15, 0.2) is 0 Å². The number of aryl methyl sites for hydroxylation is 1. The second kappa shape index (κ2) is 4.79. The first-order valence-electron chi connectivity index (χ1n) is 4.82. The second-order valence-corrected chi connectivity index (χ2v) is 3.68. The molecule has 0 bridgehead atoms. The Kier molecular flexibility index (Phi) is 3.68. The first kappa shape index (κ1) is 11.5. The second-order valence-electron chi connectivity index (χ2n) is 3.68. The van der Waals surface area contributed by atoms with Crippen LogP contribution in [0.15, 0.2) is 18.2 Å². The highest BCUT2D eigenvalue weighted by Crippen LogP contribution is 2.16. The molecule has 0 aliphatic rings. The fourth-order valence-corrected chi connectivity index (χ4v) is 1.16. The van der Waals surface area contributed by atoms with Gasteiger partial charge < -0.3 is 16.0 Å². The normalized spacial score (nSPS) is 9.87. The Morgan fingerprint density at radius 1 is 1.47 bits per heavy atom. The van der Waals surface area contributed by atoms with Crippen molar-refractivity contribution in [1.82, 2.24) is 4.90 Å². The fraction of sp³-hybridized carbons (Fsp3) is 0.364. The molecule has 0 saturated heterocycles. The largest absolute Gasteiger partial charge is 0.331 e. The van der Waals surface area contributed by atoms with E-state index >= 15 is 0 Å². The highest BCUT2D eigenvalue weighted by atomic mass is 16.2. The van der Waals surface area contributed by atoms with Gasteiger partial charge in [0.1, 0.15) is 0 Å².